The molecule has 1 aromatic heterocycles. The molecular weight excluding hydrogens is 278 g/mol. The van der Waals surface area contributed by atoms with Gasteiger partial charge in [0, 0.05) is 34.2 Å². The number of fused-ring (bicyclic) bond motifs is 1. The average Bonchev–Trinajstić information content (AvgIpc) is 2.47. The van der Waals surface area contributed by atoms with Gasteiger partial charge in [-0.25, -0.2) is 5.10 Å². The first-order valence-electron chi connectivity index (χ1n) is 6.24. The van der Waals surface area contributed by atoms with E-state index in [1.807, 2.05) is 6.92 Å². The number of hydrogen-bond donors (Lipinski definition) is 2. The van der Waals surface area contributed by atoms with Crippen molar-refractivity contribution >= 4 is 27.5 Å². The van der Waals surface area contributed by atoms with Gasteiger partial charge in [0.15, 0.2) is 5.69 Å². The number of aromatic amines is 1. The van der Waals surface area contributed by atoms with Crippen molar-refractivity contribution in [2.45, 2.75) is 6.92 Å². The van der Waals surface area contributed by atoms with Crippen LogP contribution in [0.25, 0.3) is 10.8 Å². The van der Waals surface area contributed by atoms with Crippen molar-refractivity contribution in [2.75, 3.05) is 18.1 Å². The Morgan fingerprint density at radius 1 is 1.35 bits per heavy atom. The second-order valence-corrected chi connectivity index (χ2v) is 6.00. The van der Waals surface area contributed by atoms with Crippen molar-refractivity contribution in [3.05, 3.63) is 40.3 Å². The number of benzene rings is 1. The Hall–Kier alpha value is -2.02. The summed E-state index contributed by atoms with van der Waals surface area (Å²) in [7, 11) is -0.924. The lowest BCUT2D eigenvalue weighted by Gasteiger charge is -2.06. The van der Waals surface area contributed by atoms with Gasteiger partial charge >= 0.3 is 0 Å². The molecule has 0 radical (unpaired) electrons. The first-order valence-corrected chi connectivity index (χ1v) is 7.73. The van der Waals surface area contributed by atoms with Gasteiger partial charge in [-0.3, -0.25) is 13.8 Å². The van der Waals surface area contributed by atoms with Crippen molar-refractivity contribution in [3.63, 3.8) is 0 Å². The molecule has 0 saturated carbocycles. The first kappa shape index (κ1) is 14.4. The molecule has 0 aliphatic heterocycles. The number of aromatic nitrogens is 2. The van der Waals surface area contributed by atoms with Crippen LogP contribution in [0.15, 0.2) is 29.1 Å². The fourth-order valence-electron chi connectivity index (χ4n) is 1.79. The Labute approximate surface area is 118 Å². The topological polar surface area (TPSA) is 91.9 Å². The van der Waals surface area contributed by atoms with Crippen molar-refractivity contribution in [1.29, 1.82) is 0 Å². The third-order valence-electron chi connectivity index (χ3n) is 2.85. The smallest absolute Gasteiger partial charge is 0.272 e. The zero-order chi connectivity index (χ0) is 14.5. The Morgan fingerprint density at radius 2 is 2.05 bits per heavy atom. The van der Waals surface area contributed by atoms with Crippen LogP contribution < -0.4 is 10.9 Å². The zero-order valence-electron chi connectivity index (χ0n) is 11.0. The Bertz CT molecular complexity index is 711. The maximum atomic E-state index is 12.0. The molecule has 0 aliphatic carbocycles. The summed E-state index contributed by atoms with van der Waals surface area (Å²) in [6, 6.07) is 6.78. The van der Waals surface area contributed by atoms with E-state index in [9.17, 15) is 13.8 Å². The van der Waals surface area contributed by atoms with E-state index in [1.165, 1.54) is 0 Å². The van der Waals surface area contributed by atoms with Crippen molar-refractivity contribution < 1.29 is 9.00 Å². The van der Waals surface area contributed by atoms with Crippen LogP contribution in [0.4, 0.5) is 0 Å². The monoisotopic (exact) mass is 293 g/mol. The number of hydrogen-bond acceptors (Lipinski definition) is 4. The predicted molar refractivity (Wildman–Crippen MR) is 78.2 cm³/mol. The predicted octanol–water partition coefficient (Wildman–Crippen LogP) is 0.421. The van der Waals surface area contributed by atoms with Gasteiger partial charge in [-0.05, 0) is 6.07 Å². The second kappa shape index (κ2) is 6.42. The molecule has 6 nitrogen and oxygen atoms in total. The van der Waals surface area contributed by atoms with E-state index in [0.717, 1.165) is 0 Å². The summed E-state index contributed by atoms with van der Waals surface area (Å²) in [5.41, 5.74) is -0.160. The van der Waals surface area contributed by atoms with E-state index >= 15 is 0 Å². The lowest BCUT2D eigenvalue weighted by molar-refractivity contribution is 0.0952. The summed E-state index contributed by atoms with van der Waals surface area (Å²) < 4.78 is 11.3. The summed E-state index contributed by atoms with van der Waals surface area (Å²) in [6.45, 7) is 2.14. The molecule has 2 aromatic rings. The highest BCUT2D eigenvalue weighted by Gasteiger charge is 2.13. The molecule has 0 spiro atoms. The molecule has 0 bridgehead atoms. The van der Waals surface area contributed by atoms with E-state index in [0.29, 0.717) is 28.8 Å². The minimum absolute atomic E-state index is 0.169. The number of rotatable bonds is 5. The van der Waals surface area contributed by atoms with Crippen LogP contribution in [0, 0.1) is 0 Å². The number of H-pyrrole nitrogens is 1. The molecule has 0 aliphatic rings. The molecule has 1 unspecified atom stereocenters. The first-order chi connectivity index (χ1) is 9.63. The quantitative estimate of drug-likeness (QED) is 0.836. The summed E-state index contributed by atoms with van der Waals surface area (Å²) in [5, 5.41) is 9.69. The van der Waals surface area contributed by atoms with Crippen LogP contribution in [-0.2, 0) is 10.8 Å². The van der Waals surface area contributed by atoms with Crippen LogP contribution in [-0.4, -0.2) is 38.4 Å². The Morgan fingerprint density at radius 3 is 2.75 bits per heavy atom. The third-order valence-corrected chi connectivity index (χ3v) is 4.15. The van der Waals surface area contributed by atoms with Gasteiger partial charge < -0.3 is 5.32 Å². The lowest BCUT2D eigenvalue weighted by atomic mass is 10.1. The minimum Gasteiger partial charge on any atom is -0.350 e. The summed E-state index contributed by atoms with van der Waals surface area (Å²) in [4.78, 5) is 23.7. The van der Waals surface area contributed by atoms with Gasteiger partial charge in [0.25, 0.3) is 11.5 Å². The van der Waals surface area contributed by atoms with Gasteiger partial charge in [0.1, 0.15) is 0 Å². The number of nitrogens with one attached hydrogen (secondary N) is 2. The van der Waals surface area contributed by atoms with Gasteiger partial charge in [0.2, 0.25) is 0 Å². The number of amides is 1. The van der Waals surface area contributed by atoms with Crippen molar-refractivity contribution in [1.82, 2.24) is 15.5 Å². The molecule has 106 valence electrons. The molecule has 0 saturated heterocycles. The van der Waals surface area contributed by atoms with Crippen LogP contribution in [0.5, 0.6) is 0 Å². The number of carbonyl (C=O) groups is 1. The molecule has 20 heavy (non-hydrogen) atoms. The van der Waals surface area contributed by atoms with E-state index < -0.39 is 10.8 Å². The van der Waals surface area contributed by atoms with Gasteiger partial charge in [0.05, 0.1) is 5.39 Å². The van der Waals surface area contributed by atoms with E-state index in [-0.39, 0.29) is 17.2 Å². The molecule has 1 aromatic carbocycles. The van der Waals surface area contributed by atoms with Crippen LogP contribution in [0.3, 0.4) is 0 Å². The summed E-state index contributed by atoms with van der Waals surface area (Å²) in [5.74, 6) is 0.588. The molecular formula is C13H15N3O3S. The Balaban J connectivity index is 2.21. The molecule has 7 heteroatoms. The highest BCUT2D eigenvalue weighted by molar-refractivity contribution is 7.84. The van der Waals surface area contributed by atoms with Gasteiger partial charge in [-0.2, -0.15) is 5.10 Å². The molecule has 1 atom stereocenters. The van der Waals surface area contributed by atoms with E-state index in [2.05, 4.69) is 15.5 Å². The number of carbonyl (C=O) groups excluding carboxylic acids is 1. The molecule has 1 amide bonds. The largest absolute Gasteiger partial charge is 0.350 e. The zero-order valence-corrected chi connectivity index (χ0v) is 11.8. The van der Waals surface area contributed by atoms with E-state index in [1.54, 1.807) is 24.3 Å². The third kappa shape index (κ3) is 3.11. The van der Waals surface area contributed by atoms with Crippen LogP contribution in [0.1, 0.15) is 17.4 Å². The van der Waals surface area contributed by atoms with Crippen molar-refractivity contribution in [3.8, 4) is 0 Å². The Kier molecular flexibility index (Phi) is 4.62. The SMILES string of the molecule is CCS(=O)CCNC(=O)c1n[nH]c(=O)c2ccccc12. The standard InChI is InChI=1S/C13H15N3O3S/c1-2-20(19)8-7-14-13(18)11-9-5-3-4-6-10(9)12(17)16-15-11/h3-6H,2,7-8H2,1H3,(H,14,18)(H,16,17). The van der Waals surface area contributed by atoms with Gasteiger partial charge in [-0.15, -0.1) is 0 Å². The molecule has 1 heterocycles. The highest BCUT2D eigenvalue weighted by atomic mass is 32.2. The van der Waals surface area contributed by atoms with Gasteiger partial charge in [-0.1, -0.05) is 25.1 Å². The van der Waals surface area contributed by atoms with Crippen LogP contribution >= 0.6 is 0 Å². The fraction of sp³-hybridized carbons (Fsp3) is 0.308. The van der Waals surface area contributed by atoms with E-state index in [4.69, 9.17) is 0 Å². The molecule has 2 N–H and O–H groups in total. The fourth-order valence-corrected chi connectivity index (χ4v) is 2.41. The van der Waals surface area contributed by atoms with Crippen LogP contribution in [0.2, 0.25) is 0 Å². The minimum atomic E-state index is -0.924. The summed E-state index contributed by atoms with van der Waals surface area (Å²) in [6.07, 6.45) is 0. The van der Waals surface area contributed by atoms with Crippen molar-refractivity contribution in [2.24, 2.45) is 0 Å². The lowest BCUT2D eigenvalue weighted by Crippen LogP contribution is -2.30. The summed E-state index contributed by atoms with van der Waals surface area (Å²) >= 11 is 0. The average molecular weight is 293 g/mol. The maximum Gasteiger partial charge on any atom is 0.272 e. The maximum absolute atomic E-state index is 12.0. The molecule has 0 fully saturated rings. The molecule has 2 rings (SSSR count). The highest BCUT2D eigenvalue weighted by Crippen LogP contribution is 2.11. The second-order valence-electron chi connectivity index (χ2n) is 4.14. The normalized spacial score (nSPS) is 12.2. The number of nitrogens with zero attached hydrogens (tertiary/aromatic N) is 1.